The first-order valence-corrected chi connectivity index (χ1v) is 11.1. The number of nitrogens with zero attached hydrogens (tertiary/aromatic N) is 3. The summed E-state index contributed by atoms with van der Waals surface area (Å²) in [4.78, 5) is 12.9. The molecule has 2 atom stereocenters. The molecule has 29 heavy (non-hydrogen) atoms. The van der Waals surface area contributed by atoms with Crippen LogP contribution in [-0.4, -0.2) is 25.9 Å². The zero-order chi connectivity index (χ0) is 20.2. The normalized spacial score (nSPS) is 16.8. The van der Waals surface area contributed by atoms with Crippen molar-refractivity contribution in [3.63, 3.8) is 0 Å². The van der Waals surface area contributed by atoms with Crippen LogP contribution in [0.5, 0.6) is 0 Å². The molecule has 1 amide bonds. The highest BCUT2D eigenvalue weighted by Crippen LogP contribution is 2.31. The van der Waals surface area contributed by atoms with Crippen molar-refractivity contribution in [1.29, 1.82) is 0 Å². The van der Waals surface area contributed by atoms with Gasteiger partial charge in [0.1, 0.15) is 0 Å². The Morgan fingerprint density at radius 2 is 1.93 bits per heavy atom. The van der Waals surface area contributed by atoms with Crippen LogP contribution >= 0.6 is 11.8 Å². The Kier molecular flexibility index (Phi) is 6.00. The van der Waals surface area contributed by atoms with Crippen molar-refractivity contribution in [3.8, 4) is 11.4 Å². The van der Waals surface area contributed by atoms with Gasteiger partial charge >= 0.3 is 0 Å². The summed E-state index contributed by atoms with van der Waals surface area (Å²) < 4.78 is 2.07. The molecule has 1 aromatic heterocycles. The van der Waals surface area contributed by atoms with Crippen LogP contribution in [0, 0.1) is 0 Å². The fourth-order valence-corrected chi connectivity index (χ4v) is 4.79. The molecule has 3 aromatic rings. The van der Waals surface area contributed by atoms with E-state index < -0.39 is 0 Å². The first-order chi connectivity index (χ1) is 14.2. The maximum Gasteiger partial charge on any atom is 0.233 e. The van der Waals surface area contributed by atoms with Gasteiger partial charge in [-0.1, -0.05) is 66.4 Å². The summed E-state index contributed by atoms with van der Waals surface area (Å²) >= 11 is 1.47. The predicted octanol–water partition coefficient (Wildman–Crippen LogP) is 4.64. The summed E-state index contributed by atoms with van der Waals surface area (Å²) in [6, 6.07) is 18.6. The number of fused-ring (bicyclic) bond motifs is 1. The van der Waals surface area contributed by atoms with Gasteiger partial charge in [-0.15, -0.1) is 10.2 Å². The fraction of sp³-hybridized carbons (Fsp3) is 0.348. The predicted molar refractivity (Wildman–Crippen MR) is 117 cm³/mol. The number of carbonyl (C=O) groups excluding carboxylic acids is 1. The van der Waals surface area contributed by atoms with Gasteiger partial charge in [0.05, 0.1) is 11.3 Å². The van der Waals surface area contributed by atoms with Crippen LogP contribution in [0.2, 0.25) is 0 Å². The van der Waals surface area contributed by atoms with E-state index in [0.717, 1.165) is 42.4 Å². The van der Waals surface area contributed by atoms with Gasteiger partial charge in [0.25, 0.3) is 0 Å². The Balaban J connectivity index is 1.47. The van der Waals surface area contributed by atoms with E-state index in [1.165, 1.54) is 22.9 Å². The average molecular weight is 407 g/mol. The third kappa shape index (κ3) is 4.22. The Labute approximate surface area is 175 Å². The number of benzene rings is 2. The summed E-state index contributed by atoms with van der Waals surface area (Å²) in [7, 11) is 0. The number of carbonyl (C=O) groups is 1. The highest BCUT2D eigenvalue weighted by Gasteiger charge is 2.25. The SMILES string of the molecule is CCn1c(S[C@@H](C)C(=O)N[C@@H]2CCCc3ccccc32)nnc1-c1ccccc1. The maximum atomic E-state index is 12.9. The van der Waals surface area contributed by atoms with Gasteiger partial charge in [0.2, 0.25) is 5.91 Å². The first kappa shape index (κ1) is 19.7. The van der Waals surface area contributed by atoms with Crippen molar-refractivity contribution in [1.82, 2.24) is 20.1 Å². The van der Waals surface area contributed by atoms with Crippen molar-refractivity contribution in [2.45, 2.75) is 56.1 Å². The molecule has 4 rings (SSSR count). The van der Waals surface area contributed by atoms with Crippen LogP contribution in [0.1, 0.15) is 43.9 Å². The monoisotopic (exact) mass is 406 g/mol. The Hall–Kier alpha value is -2.60. The molecular formula is C23H26N4OS. The molecular weight excluding hydrogens is 380 g/mol. The van der Waals surface area contributed by atoms with E-state index in [-0.39, 0.29) is 17.2 Å². The second kappa shape index (κ2) is 8.82. The van der Waals surface area contributed by atoms with E-state index in [1.54, 1.807) is 0 Å². The third-order valence-corrected chi connectivity index (χ3v) is 6.48. The van der Waals surface area contributed by atoms with Crippen LogP contribution in [0.4, 0.5) is 0 Å². The number of hydrogen-bond donors (Lipinski definition) is 1. The zero-order valence-corrected chi connectivity index (χ0v) is 17.7. The van der Waals surface area contributed by atoms with Crippen molar-refractivity contribution in [2.24, 2.45) is 0 Å². The van der Waals surface area contributed by atoms with Crippen LogP contribution in [0.3, 0.4) is 0 Å². The number of rotatable bonds is 6. The van der Waals surface area contributed by atoms with Crippen molar-refractivity contribution in [3.05, 3.63) is 65.7 Å². The minimum absolute atomic E-state index is 0.0450. The molecule has 0 spiro atoms. The number of aromatic nitrogens is 3. The molecule has 1 N–H and O–H groups in total. The van der Waals surface area contributed by atoms with Gasteiger partial charge in [0.15, 0.2) is 11.0 Å². The summed E-state index contributed by atoms with van der Waals surface area (Å²) in [5, 5.41) is 12.5. The second-order valence-corrected chi connectivity index (χ2v) is 8.64. The van der Waals surface area contributed by atoms with Gasteiger partial charge in [-0.05, 0) is 44.2 Å². The summed E-state index contributed by atoms with van der Waals surface area (Å²) in [5.74, 6) is 0.882. The standard InChI is InChI=1S/C23H26N4OS/c1-3-27-21(18-11-5-4-6-12-18)25-26-23(27)29-16(2)22(28)24-20-15-9-13-17-10-7-8-14-19(17)20/h4-8,10-12,14,16,20H,3,9,13,15H2,1-2H3,(H,24,28)/t16-,20+/m0/s1. The lowest BCUT2D eigenvalue weighted by Crippen LogP contribution is -2.36. The molecule has 6 heteroatoms. The smallest absolute Gasteiger partial charge is 0.233 e. The van der Waals surface area contributed by atoms with Crippen molar-refractivity contribution >= 4 is 17.7 Å². The summed E-state index contributed by atoms with van der Waals surface area (Å²) in [6.07, 6.45) is 3.19. The lowest BCUT2D eigenvalue weighted by Gasteiger charge is -2.27. The van der Waals surface area contributed by atoms with Gasteiger partial charge < -0.3 is 9.88 Å². The van der Waals surface area contributed by atoms with Crippen LogP contribution in [0.15, 0.2) is 59.8 Å². The molecule has 0 saturated heterocycles. The largest absolute Gasteiger partial charge is 0.348 e. The maximum absolute atomic E-state index is 12.9. The van der Waals surface area contributed by atoms with Crippen LogP contribution in [0.25, 0.3) is 11.4 Å². The molecule has 1 aliphatic carbocycles. The van der Waals surface area contributed by atoms with Gasteiger partial charge in [-0.3, -0.25) is 4.79 Å². The van der Waals surface area contributed by atoms with Crippen molar-refractivity contribution < 1.29 is 4.79 Å². The fourth-order valence-electron chi connectivity index (χ4n) is 3.87. The summed E-state index contributed by atoms with van der Waals surface area (Å²) in [5.41, 5.74) is 3.64. The number of aryl methyl sites for hydroxylation is 1. The molecule has 0 saturated carbocycles. The van der Waals surface area contributed by atoms with Crippen LogP contribution in [-0.2, 0) is 17.8 Å². The van der Waals surface area contributed by atoms with E-state index in [0.29, 0.717) is 0 Å². The van der Waals surface area contributed by atoms with E-state index in [2.05, 4.69) is 51.3 Å². The molecule has 2 aromatic carbocycles. The average Bonchev–Trinajstić information content (AvgIpc) is 3.17. The van der Waals surface area contributed by atoms with E-state index in [4.69, 9.17) is 0 Å². The van der Waals surface area contributed by atoms with E-state index in [9.17, 15) is 4.79 Å². The lowest BCUT2D eigenvalue weighted by atomic mass is 9.88. The molecule has 5 nitrogen and oxygen atoms in total. The lowest BCUT2D eigenvalue weighted by molar-refractivity contribution is -0.121. The van der Waals surface area contributed by atoms with E-state index >= 15 is 0 Å². The van der Waals surface area contributed by atoms with E-state index in [1.807, 2.05) is 37.3 Å². The first-order valence-electron chi connectivity index (χ1n) is 10.2. The number of amides is 1. The molecule has 1 aliphatic rings. The molecule has 0 radical (unpaired) electrons. The molecule has 0 unspecified atom stereocenters. The van der Waals surface area contributed by atoms with Gasteiger partial charge in [-0.2, -0.15) is 0 Å². The second-order valence-electron chi connectivity index (χ2n) is 7.33. The quantitative estimate of drug-likeness (QED) is 0.606. The third-order valence-electron chi connectivity index (χ3n) is 5.40. The van der Waals surface area contributed by atoms with Crippen molar-refractivity contribution in [2.75, 3.05) is 0 Å². The molecule has 150 valence electrons. The molecule has 0 bridgehead atoms. The zero-order valence-electron chi connectivity index (χ0n) is 16.8. The van der Waals surface area contributed by atoms with Crippen LogP contribution < -0.4 is 5.32 Å². The van der Waals surface area contributed by atoms with Gasteiger partial charge in [0, 0.05) is 12.1 Å². The minimum Gasteiger partial charge on any atom is -0.348 e. The number of thioether (sulfide) groups is 1. The molecule has 0 aliphatic heterocycles. The topological polar surface area (TPSA) is 59.8 Å². The molecule has 0 fully saturated rings. The Morgan fingerprint density at radius 3 is 2.72 bits per heavy atom. The highest BCUT2D eigenvalue weighted by molar-refractivity contribution is 8.00. The molecule has 1 heterocycles. The summed E-state index contributed by atoms with van der Waals surface area (Å²) in [6.45, 7) is 4.76. The van der Waals surface area contributed by atoms with Gasteiger partial charge in [-0.25, -0.2) is 0 Å². The number of nitrogens with one attached hydrogen (secondary N) is 1. The minimum atomic E-state index is -0.248. The highest BCUT2D eigenvalue weighted by atomic mass is 32.2. The number of hydrogen-bond acceptors (Lipinski definition) is 4. The Bertz CT molecular complexity index is 986. The Morgan fingerprint density at radius 1 is 1.17 bits per heavy atom.